The summed E-state index contributed by atoms with van der Waals surface area (Å²) in [5.41, 5.74) is 4.71. The van der Waals surface area contributed by atoms with Gasteiger partial charge in [0.05, 0.1) is 21.8 Å². The van der Waals surface area contributed by atoms with Crippen LogP contribution in [0.1, 0.15) is 54.2 Å². The highest BCUT2D eigenvalue weighted by Gasteiger charge is 2.24. The lowest BCUT2D eigenvalue weighted by Crippen LogP contribution is -2.21. The highest BCUT2D eigenvalue weighted by atomic mass is 32.2. The van der Waals surface area contributed by atoms with Crippen molar-refractivity contribution in [1.29, 1.82) is 5.26 Å². The van der Waals surface area contributed by atoms with Crippen molar-refractivity contribution in [2.24, 2.45) is 0 Å². The van der Waals surface area contributed by atoms with Crippen molar-refractivity contribution in [1.82, 2.24) is 9.55 Å². The Hall–Kier alpha value is -3.10. The monoisotopic (exact) mass is 439 g/mol. The van der Waals surface area contributed by atoms with Crippen LogP contribution in [-0.2, 0) is 12.8 Å². The van der Waals surface area contributed by atoms with E-state index < -0.39 is 0 Å². The molecule has 2 aromatic carbocycles. The lowest BCUT2D eigenvalue weighted by molar-refractivity contribution is 0.0925. The summed E-state index contributed by atoms with van der Waals surface area (Å²) in [6.45, 7) is 1.91. The van der Waals surface area contributed by atoms with E-state index in [0.29, 0.717) is 10.6 Å². The van der Waals surface area contributed by atoms with Gasteiger partial charge in [-0.15, -0.1) is 0 Å². The molecule has 5 rings (SSSR count). The molecule has 2 heterocycles. The Morgan fingerprint density at radius 2 is 1.62 bits per heavy atom. The minimum atomic E-state index is -0.375. The van der Waals surface area contributed by atoms with E-state index >= 15 is 0 Å². The Kier molecular flexibility index (Phi) is 5.71. The number of benzene rings is 2. The Labute approximate surface area is 192 Å². The van der Waals surface area contributed by atoms with E-state index in [2.05, 4.69) is 18.2 Å². The van der Waals surface area contributed by atoms with Gasteiger partial charge in [0.1, 0.15) is 11.1 Å². The highest BCUT2D eigenvalue weighted by molar-refractivity contribution is 8.00. The minimum Gasteiger partial charge on any atom is -0.279 e. The number of hydrogen-bond acceptors (Lipinski definition) is 4. The average Bonchev–Trinajstić information content (AvgIpc) is 3.14. The van der Waals surface area contributed by atoms with Crippen molar-refractivity contribution < 1.29 is 4.79 Å². The van der Waals surface area contributed by atoms with Crippen LogP contribution in [0.5, 0.6) is 0 Å². The fourth-order valence-electron chi connectivity index (χ4n) is 4.70. The third-order valence-electron chi connectivity index (χ3n) is 6.32. The van der Waals surface area contributed by atoms with Crippen LogP contribution in [0.2, 0.25) is 0 Å². The number of nitrogens with zero attached hydrogens (tertiary/aromatic N) is 3. The first-order chi connectivity index (χ1) is 15.7. The molecule has 1 aliphatic rings. The molecular formula is C27H25N3OS. The minimum absolute atomic E-state index is 0.00447. The van der Waals surface area contributed by atoms with E-state index in [1.54, 1.807) is 0 Å². The van der Waals surface area contributed by atoms with Crippen LogP contribution in [0.4, 0.5) is 0 Å². The van der Waals surface area contributed by atoms with Gasteiger partial charge < -0.3 is 0 Å². The predicted molar refractivity (Wildman–Crippen MR) is 130 cm³/mol. The summed E-state index contributed by atoms with van der Waals surface area (Å²) in [4.78, 5) is 18.6. The molecule has 0 amide bonds. The number of nitriles is 1. The number of aromatic nitrogens is 2. The zero-order valence-electron chi connectivity index (χ0n) is 18.2. The molecule has 2 aromatic heterocycles. The van der Waals surface area contributed by atoms with E-state index in [-0.39, 0.29) is 11.2 Å². The Bertz CT molecular complexity index is 1310. The number of fused-ring (bicyclic) bond motifs is 4. The first-order valence-corrected chi connectivity index (χ1v) is 12.2. The molecule has 0 fully saturated rings. The topological polar surface area (TPSA) is 58.7 Å². The Balaban J connectivity index is 1.52. The Morgan fingerprint density at radius 1 is 1.00 bits per heavy atom. The van der Waals surface area contributed by atoms with Gasteiger partial charge in [0.15, 0.2) is 0 Å². The van der Waals surface area contributed by atoms with Crippen LogP contribution < -0.4 is 0 Å². The normalized spacial score (nSPS) is 15.0. The summed E-state index contributed by atoms with van der Waals surface area (Å²) in [6.07, 6.45) is 6.68. The molecule has 0 N–H and O–H groups in total. The second kappa shape index (κ2) is 8.80. The lowest BCUT2D eigenvalue weighted by Gasteiger charge is -2.17. The van der Waals surface area contributed by atoms with Crippen LogP contribution in [0, 0.1) is 11.3 Å². The second-order valence-corrected chi connectivity index (χ2v) is 9.77. The molecule has 4 aromatic rings. The predicted octanol–water partition coefficient (Wildman–Crippen LogP) is 6.54. The number of rotatable bonds is 3. The third kappa shape index (κ3) is 3.69. The molecule has 1 unspecified atom stereocenters. The molecule has 5 heteroatoms. The number of carbonyl (C=O) groups is 1. The standard InChI is InChI=1S/C27H25N3OS/c1-18(32-26-20(17-28)16-19-10-4-2-3-5-13-23(19)29-26)27(31)30-24-14-8-6-11-21(24)22-12-7-9-15-25(22)30/h6-9,11-12,14-16,18H,2-5,10,13H2,1H3. The van der Waals surface area contributed by atoms with E-state index in [1.807, 2.05) is 54.0 Å². The van der Waals surface area contributed by atoms with Crippen LogP contribution in [-0.4, -0.2) is 20.7 Å². The fourth-order valence-corrected chi connectivity index (χ4v) is 5.63. The van der Waals surface area contributed by atoms with Crippen LogP contribution in [0.15, 0.2) is 59.6 Å². The number of aryl methyl sites for hydroxylation is 2. The number of para-hydroxylation sites is 2. The van der Waals surface area contributed by atoms with Crippen molar-refractivity contribution >= 4 is 39.5 Å². The Morgan fingerprint density at radius 3 is 2.28 bits per heavy atom. The summed E-state index contributed by atoms with van der Waals surface area (Å²) in [5.74, 6) is 0.00447. The van der Waals surface area contributed by atoms with Crippen LogP contribution in [0.25, 0.3) is 21.8 Å². The van der Waals surface area contributed by atoms with Gasteiger partial charge in [-0.2, -0.15) is 5.26 Å². The summed E-state index contributed by atoms with van der Waals surface area (Å²) in [5, 5.41) is 12.2. The molecule has 32 heavy (non-hydrogen) atoms. The number of thioether (sulfide) groups is 1. The first kappa shape index (κ1) is 20.8. The second-order valence-electron chi connectivity index (χ2n) is 8.44. The maximum absolute atomic E-state index is 13.7. The molecule has 4 nitrogen and oxygen atoms in total. The highest BCUT2D eigenvalue weighted by Crippen LogP contribution is 2.33. The van der Waals surface area contributed by atoms with Crippen molar-refractivity contribution in [3.8, 4) is 6.07 Å². The molecule has 160 valence electrons. The summed E-state index contributed by atoms with van der Waals surface area (Å²) >= 11 is 1.40. The molecular weight excluding hydrogens is 414 g/mol. The van der Waals surface area contributed by atoms with Crippen molar-refractivity contribution in [3.05, 3.63) is 71.4 Å². The first-order valence-electron chi connectivity index (χ1n) is 11.3. The molecule has 1 aliphatic carbocycles. The van der Waals surface area contributed by atoms with E-state index in [4.69, 9.17) is 4.98 Å². The quantitative estimate of drug-likeness (QED) is 0.340. The average molecular weight is 440 g/mol. The van der Waals surface area contributed by atoms with Crippen LogP contribution in [0.3, 0.4) is 0 Å². The molecule has 0 radical (unpaired) electrons. The number of carbonyl (C=O) groups excluding carboxylic acids is 1. The smallest absolute Gasteiger partial charge is 0.244 e. The molecule has 0 spiro atoms. The number of hydrogen-bond donors (Lipinski definition) is 0. The maximum atomic E-state index is 13.7. The van der Waals surface area contributed by atoms with E-state index in [0.717, 1.165) is 53.2 Å². The number of pyridine rings is 1. The molecule has 0 aliphatic heterocycles. The summed E-state index contributed by atoms with van der Waals surface area (Å²) in [6, 6.07) is 20.4. The van der Waals surface area contributed by atoms with Gasteiger partial charge in [-0.3, -0.25) is 9.36 Å². The molecule has 0 saturated heterocycles. The molecule has 1 atom stereocenters. The van der Waals surface area contributed by atoms with Gasteiger partial charge in [-0.1, -0.05) is 61.0 Å². The molecule has 0 saturated carbocycles. The van der Waals surface area contributed by atoms with Crippen molar-refractivity contribution in [2.45, 2.75) is 55.7 Å². The largest absolute Gasteiger partial charge is 0.279 e. The van der Waals surface area contributed by atoms with Gasteiger partial charge in [0.2, 0.25) is 5.91 Å². The zero-order chi connectivity index (χ0) is 22.1. The lowest BCUT2D eigenvalue weighted by atomic mass is 9.96. The zero-order valence-corrected chi connectivity index (χ0v) is 19.0. The third-order valence-corrected chi connectivity index (χ3v) is 7.41. The fraction of sp³-hybridized carbons (Fsp3) is 0.296. The summed E-state index contributed by atoms with van der Waals surface area (Å²) in [7, 11) is 0. The van der Waals surface area contributed by atoms with Gasteiger partial charge >= 0.3 is 0 Å². The van der Waals surface area contributed by atoms with Gasteiger partial charge in [0, 0.05) is 16.5 Å². The van der Waals surface area contributed by atoms with Crippen LogP contribution >= 0.6 is 11.8 Å². The SMILES string of the molecule is CC(Sc1nc2c(cc1C#N)CCCCCC2)C(=O)n1c2ccccc2c2ccccc21. The van der Waals surface area contributed by atoms with Crippen molar-refractivity contribution in [3.63, 3.8) is 0 Å². The van der Waals surface area contributed by atoms with Gasteiger partial charge in [0.25, 0.3) is 0 Å². The van der Waals surface area contributed by atoms with E-state index in [1.165, 1.54) is 30.2 Å². The van der Waals surface area contributed by atoms with Gasteiger partial charge in [-0.25, -0.2) is 4.98 Å². The molecule has 0 bridgehead atoms. The van der Waals surface area contributed by atoms with E-state index in [9.17, 15) is 10.1 Å². The van der Waals surface area contributed by atoms with Crippen molar-refractivity contribution in [2.75, 3.05) is 0 Å². The maximum Gasteiger partial charge on any atom is 0.244 e. The summed E-state index contributed by atoms with van der Waals surface area (Å²) < 4.78 is 1.82. The van der Waals surface area contributed by atoms with Gasteiger partial charge in [-0.05, 0) is 56.4 Å².